The molecule has 2 aliphatic heterocycles. The van der Waals surface area contributed by atoms with Gasteiger partial charge in [-0.2, -0.15) is 0 Å². The summed E-state index contributed by atoms with van der Waals surface area (Å²) in [6.07, 6.45) is 2.72. The number of amides is 1. The van der Waals surface area contributed by atoms with E-state index in [0.29, 0.717) is 30.9 Å². The first-order chi connectivity index (χ1) is 12.4. The average Bonchev–Trinajstić information content (AvgIpc) is 2.96. The first kappa shape index (κ1) is 17.2. The van der Waals surface area contributed by atoms with Crippen LogP contribution >= 0.6 is 0 Å². The summed E-state index contributed by atoms with van der Waals surface area (Å²) < 4.78 is 11.0. The summed E-state index contributed by atoms with van der Waals surface area (Å²) in [5, 5.41) is 9.83. The number of fused-ring (bicyclic) bond motifs is 1. The van der Waals surface area contributed by atoms with Crippen molar-refractivity contribution in [2.45, 2.75) is 38.1 Å². The fourth-order valence-electron chi connectivity index (χ4n) is 5.74. The van der Waals surface area contributed by atoms with Crippen LogP contribution in [0.25, 0.3) is 0 Å². The highest BCUT2D eigenvalue weighted by atomic mass is 16.5. The van der Waals surface area contributed by atoms with Gasteiger partial charge in [-0.05, 0) is 48.4 Å². The number of methoxy groups -OCH3 is 2. The minimum Gasteiger partial charge on any atom is -0.493 e. The van der Waals surface area contributed by atoms with Crippen LogP contribution in [0.4, 0.5) is 0 Å². The largest absolute Gasteiger partial charge is 0.493 e. The first-order valence-electron chi connectivity index (χ1n) is 9.22. The summed E-state index contributed by atoms with van der Waals surface area (Å²) >= 11 is 0. The summed E-state index contributed by atoms with van der Waals surface area (Å²) in [7, 11) is 3.22. The van der Waals surface area contributed by atoms with E-state index in [2.05, 4.69) is 0 Å². The van der Waals surface area contributed by atoms with E-state index >= 15 is 0 Å². The van der Waals surface area contributed by atoms with Gasteiger partial charge in [-0.1, -0.05) is 6.92 Å². The molecule has 1 saturated heterocycles. The van der Waals surface area contributed by atoms with Crippen molar-refractivity contribution in [2.24, 2.45) is 17.8 Å². The number of ether oxygens (including phenoxy) is 2. The van der Waals surface area contributed by atoms with Crippen LogP contribution in [0.5, 0.6) is 11.5 Å². The lowest BCUT2D eigenvalue weighted by atomic mass is 9.76. The highest BCUT2D eigenvalue weighted by molar-refractivity contribution is 5.84. The lowest BCUT2D eigenvalue weighted by Gasteiger charge is -2.39. The number of benzene rings is 1. The van der Waals surface area contributed by atoms with Gasteiger partial charge in [0.1, 0.15) is 0 Å². The van der Waals surface area contributed by atoms with Crippen LogP contribution in [0.15, 0.2) is 12.1 Å². The van der Waals surface area contributed by atoms with Gasteiger partial charge in [0.2, 0.25) is 5.91 Å². The van der Waals surface area contributed by atoms with Crippen LogP contribution in [0, 0.1) is 17.8 Å². The molecule has 0 bridgehead atoms. The van der Waals surface area contributed by atoms with E-state index in [-0.39, 0.29) is 17.7 Å². The zero-order valence-corrected chi connectivity index (χ0v) is 15.4. The minimum atomic E-state index is -0.791. The van der Waals surface area contributed by atoms with Crippen LogP contribution in [-0.2, 0) is 21.5 Å². The molecule has 6 nitrogen and oxygen atoms in total. The standard InChI is InChI=1S/C20H25NO5/c1-11-10-20-13-8-16(26-3)15(25-2)7-12(13)5-4-6-21(20)17(22)9-14(20)18(11)19(23)24/h7-8,11,14,18H,4-6,9-10H2,1-3H3,(H,23,24)/t11-,14?,18?,20-/m0/s1. The normalized spacial score (nSPS) is 32.5. The van der Waals surface area contributed by atoms with Crippen LogP contribution < -0.4 is 9.47 Å². The van der Waals surface area contributed by atoms with Crippen molar-refractivity contribution in [1.82, 2.24) is 4.90 Å². The molecular weight excluding hydrogens is 334 g/mol. The number of hydrogen-bond donors (Lipinski definition) is 1. The molecule has 2 heterocycles. The molecule has 1 N–H and O–H groups in total. The van der Waals surface area contributed by atoms with Gasteiger partial charge in [0.15, 0.2) is 11.5 Å². The maximum absolute atomic E-state index is 12.8. The Kier molecular flexibility index (Phi) is 3.90. The average molecular weight is 359 g/mol. The van der Waals surface area contributed by atoms with Crippen LogP contribution in [0.3, 0.4) is 0 Å². The maximum Gasteiger partial charge on any atom is 0.307 e. The number of hydrogen-bond acceptors (Lipinski definition) is 4. The molecule has 3 aliphatic rings. The van der Waals surface area contributed by atoms with Gasteiger partial charge in [0.05, 0.1) is 25.7 Å². The highest BCUT2D eigenvalue weighted by Crippen LogP contribution is 2.61. The predicted octanol–water partition coefficient (Wildman–Crippen LogP) is 2.43. The Hall–Kier alpha value is -2.24. The summed E-state index contributed by atoms with van der Waals surface area (Å²) in [5.74, 6) is -0.0755. The second-order valence-corrected chi connectivity index (χ2v) is 7.79. The smallest absolute Gasteiger partial charge is 0.307 e. The van der Waals surface area contributed by atoms with Gasteiger partial charge in [-0.15, -0.1) is 0 Å². The molecule has 4 atom stereocenters. The number of carboxylic acid groups (broad SMARTS) is 1. The second kappa shape index (κ2) is 5.89. The van der Waals surface area contributed by atoms with E-state index in [0.717, 1.165) is 24.0 Å². The SMILES string of the molecule is COc1cc2c(cc1OC)[C@@]13C[C@H](C)C(C(=O)O)C1CC(=O)N3CCC2. The molecular formula is C20H25NO5. The summed E-state index contributed by atoms with van der Waals surface area (Å²) in [5.41, 5.74) is 1.66. The van der Waals surface area contributed by atoms with Gasteiger partial charge < -0.3 is 19.5 Å². The minimum absolute atomic E-state index is 0.0205. The van der Waals surface area contributed by atoms with E-state index in [1.165, 1.54) is 0 Å². The Morgan fingerprint density at radius 1 is 1.27 bits per heavy atom. The summed E-state index contributed by atoms with van der Waals surface area (Å²) in [4.78, 5) is 26.8. The number of nitrogens with zero attached hydrogens (tertiary/aromatic N) is 1. The second-order valence-electron chi connectivity index (χ2n) is 7.79. The zero-order chi connectivity index (χ0) is 18.6. The Balaban J connectivity index is 1.96. The molecule has 4 rings (SSSR count). The Morgan fingerprint density at radius 3 is 2.62 bits per heavy atom. The van der Waals surface area contributed by atoms with E-state index < -0.39 is 17.4 Å². The van der Waals surface area contributed by atoms with Crippen molar-refractivity contribution in [3.05, 3.63) is 23.3 Å². The molecule has 1 spiro atoms. The van der Waals surface area contributed by atoms with E-state index in [4.69, 9.17) is 9.47 Å². The van der Waals surface area contributed by atoms with Crippen molar-refractivity contribution >= 4 is 11.9 Å². The molecule has 0 aromatic heterocycles. The highest BCUT2D eigenvalue weighted by Gasteiger charge is 2.64. The predicted molar refractivity (Wildman–Crippen MR) is 94.3 cm³/mol. The lowest BCUT2D eigenvalue weighted by Crippen LogP contribution is -2.45. The van der Waals surface area contributed by atoms with E-state index in [1.54, 1.807) is 14.2 Å². The molecule has 6 heteroatoms. The number of carboxylic acids is 1. The Labute approximate surface area is 153 Å². The third-order valence-electron chi connectivity index (χ3n) is 6.66. The third kappa shape index (κ3) is 2.10. The fourth-order valence-corrected chi connectivity index (χ4v) is 5.74. The van der Waals surface area contributed by atoms with Crippen molar-refractivity contribution < 1.29 is 24.2 Å². The molecule has 1 aliphatic carbocycles. The van der Waals surface area contributed by atoms with Crippen molar-refractivity contribution in [3.8, 4) is 11.5 Å². The molecule has 26 heavy (non-hydrogen) atoms. The monoisotopic (exact) mass is 359 g/mol. The Morgan fingerprint density at radius 2 is 1.96 bits per heavy atom. The van der Waals surface area contributed by atoms with E-state index in [9.17, 15) is 14.7 Å². The maximum atomic E-state index is 12.8. The van der Waals surface area contributed by atoms with Crippen LogP contribution in [0.2, 0.25) is 0 Å². The fraction of sp³-hybridized carbons (Fsp3) is 0.600. The summed E-state index contributed by atoms with van der Waals surface area (Å²) in [6.45, 7) is 2.67. The number of aryl methyl sites for hydroxylation is 1. The van der Waals surface area contributed by atoms with E-state index in [1.807, 2.05) is 24.0 Å². The first-order valence-corrected chi connectivity index (χ1v) is 9.22. The quantitative estimate of drug-likeness (QED) is 0.897. The van der Waals surface area contributed by atoms with Gasteiger partial charge >= 0.3 is 5.97 Å². The van der Waals surface area contributed by atoms with Crippen molar-refractivity contribution in [3.63, 3.8) is 0 Å². The summed E-state index contributed by atoms with van der Waals surface area (Å²) in [6, 6.07) is 3.99. The lowest BCUT2D eigenvalue weighted by molar-refractivity contribution is -0.144. The van der Waals surface area contributed by atoms with Crippen LogP contribution in [0.1, 0.15) is 37.3 Å². The molecule has 1 saturated carbocycles. The van der Waals surface area contributed by atoms with Gasteiger partial charge in [-0.25, -0.2) is 0 Å². The third-order valence-corrected chi connectivity index (χ3v) is 6.66. The molecule has 1 amide bonds. The molecule has 2 fully saturated rings. The van der Waals surface area contributed by atoms with Gasteiger partial charge in [-0.3, -0.25) is 9.59 Å². The topological polar surface area (TPSA) is 76.1 Å². The molecule has 0 radical (unpaired) electrons. The van der Waals surface area contributed by atoms with Gasteiger partial charge in [0.25, 0.3) is 0 Å². The number of rotatable bonds is 3. The molecule has 1 aromatic rings. The number of aliphatic carboxylic acids is 1. The van der Waals surface area contributed by atoms with Crippen molar-refractivity contribution in [2.75, 3.05) is 20.8 Å². The number of carbonyl (C=O) groups excluding carboxylic acids is 1. The number of carbonyl (C=O) groups is 2. The van der Waals surface area contributed by atoms with Crippen molar-refractivity contribution in [1.29, 1.82) is 0 Å². The molecule has 2 unspecified atom stereocenters. The molecule has 1 aromatic carbocycles. The molecule has 140 valence electrons. The van der Waals surface area contributed by atoms with Crippen LogP contribution in [-0.4, -0.2) is 42.6 Å². The zero-order valence-electron chi connectivity index (χ0n) is 15.4. The Bertz CT molecular complexity index is 776. The van der Waals surface area contributed by atoms with Gasteiger partial charge in [0, 0.05) is 18.9 Å².